The smallest absolute Gasteiger partial charge is 0.307 e. The molecule has 1 aromatic rings. The van der Waals surface area contributed by atoms with E-state index in [1.807, 2.05) is 11.9 Å². The van der Waals surface area contributed by atoms with Gasteiger partial charge in [-0.15, -0.1) is 0 Å². The van der Waals surface area contributed by atoms with E-state index in [1.165, 1.54) is 0 Å². The van der Waals surface area contributed by atoms with Crippen LogP contribution in [0.5, 0.6) is 0 Å². The number of nitrogen functional groups attached to an aromatic ring is 1. The van der Waals surface area contributed by atoms with E-state index in [0.29, 0.717) is 25.3 Å². The normalized spacial score (nSPS) is 10.1. The molecule has 2 N–H and O–H groups in total. The van der Waals surface area contributed by atoms with Crippen molar-refractivity contribution in [2.24, 2.45) is 0 Å². The molecule has 0 aromatic carbocycles. The quantitative estimate of drug-likeness (QED) is 0.840. The second-order valence-electron chi connectivity index (χ2n) is 3.55. The van der Waals surface area contributed by atoms with E-state index in [4.69, 9.17) is 10.5 Å². The monoisotopic (exact) mass is 301 g/mol. The first kappa shape index (κ1) is 13.8. The number of carbonyl (C=O) groups excluding carboxylic acids is 1. The molecule has 1 aromatic heterocycles. The molecule has 0 aliphatic carbocycles. The van der Waals surface area contributed by atoms with E-state index in [-0.39, 0.29) is 5.97 Å². The number of hydrogen-bond donors (Lipinski definition) is 1. The number of rotatable bonds is 5. The predicted octanol–water partition coefficient (Wildman–Crippen LogP) is 1.82. The van der Waals surface area contributed by atoms with Crippen LogP contribution in [-0.2, 0) is 9.53 Å². The lowest BCUT2D eigenvalue weighted by molar-refractivity contribution is -0.142. The summed E-state index contributed by atoms with van der Waals surface area (Å²) in [5.74, 6) is 0.550. The van der Waals surface area contributed by atoms with Crippen LogP contribution in [0.2, 0.25) is 0 Å². The number of anilines is 2. The lowest BCUT2D eigenvalue weighted by Gasteiger charge is -2.19. The Morgan fingerprint density at radius 1 is 1.65 bits per heavy atom. The second-order valence-corrected chi connectivity index (χ2v) is 4.40. The number of halogens is 1. The van der Waals surface area contributed by atoms with Gasteiger partial charge < -0.3 is 15.4 Å². The topological polar surface area (TPSA) is 68.5 Å². The second kappa shape index (κ2) is 6.44. The molecule has 0 radical (unpaired) electrons. The fourth-order valence-electron chi connectivity index (χ4n) is 1.32. The summed E-state index contributed by atoms with van der Waals surface area (Å²) in [6.07, 6.45) is 1.92. The molecular formula is C11H16BrN3O2. The van der Waals surface area contributed by atoms with Gasteiger partial charge in [0.2, 0.25) is 0 Å². The van der Waals surface area contributed by atoms with Crippen molar-refractivity contribution < 1.29 is 9.53 Å². The van der Waals surface area contributed by atoms with Gasteiger partial charge in [-0.25, -0.2) is 4.98 Å². The number of nitrogens with two attached hydrogens (primary N) is 1. The molecule has 0 atom stereocenters. The standard InChI is InChI=1S/C11H16BrN3O2/c1-3-17-10(16)4-5-15(2)11-9(12)6-8(13)7-14-11/h6-7H,3-5,13H2,1-2H3. The summed E-state index contributed by atoms with van der Waals surface area (Å²) in [5.41, 5.74) is 6.20. The maximum absolute atomic E-state index is 11.2. The van der Waals surface area contributed by atoms with E-state index < -0.39 is 0 Å². The zero-order valence-corrected chi connectivity index (χ0v) is 11.5. The SMILES string of the molecule is CCOC(=O)CCN(C)c1ncc(N)cc1Br. The van der Waals surface area contributed by atoms with E-state index >= 15 is 0 Å². The number of pyridine rings is 1. The van der Waals surface area contributed by atoms with Crippen molar-refractivity contribution in [2.75, 3.05) is 30.8 Å². The van der Waals surface area contributed by atoms with Crippen molar-refractivity contribution in [3.8, 4) is 0 Å². The van der Waals surface area contributed by atoms with Gasteiger partial charge in [-0.1, -0.05) is 0 Å². The van der Waals surface area contributed by atoms with Gasteiger partial charge >= 0.3 is 5.97 Å². The lowest BCUT2D eigenvalue weighted by Crippen LogP contribution is -2.23. The average Bonchev–Trinajstić information content (AvgIpc) is 2.26. The predicted molar refractivity (Wildman–Crippen MR) is 70.9 cm³/mol. The molecule has 5 nitrogen and oxygen atoms in total. The lowest BCUT2D eigenvalue weighted by atomic mass is 10.3. The molecule has 0 saturated heterocycles. The van der Waals surface area contributed by atoms with Crippen LogP contribution in [-0.4, -0.2) is 31.2 Å². The highest BCUT2D eigenvalue weighted by atomic mass is 79.9. The minimum atomic E-state index is -0.203. The zero-order chi connectivity index (χ0) is 12.8. The van der Waals surface area contributed by atoms with Crippen molar-refractivity contribution in [2.45, 2.75) is 13.3 Å². The van der Waals surface area contributed by atoms with Crippen LogP contribution in [0.1, 0.15) is 13.3 Å². The van der Waals surface area contributed by atoms with Crippen molar-refractivity contribution in [1.82, 2.24) is 4.98 Å². The molecule has 17 heavy (non-hydrogen) atoms. The van der Waals surface area contributed by atoms with Crippen molar-refractivity contribution in [1.29, 1.82) is 0 Å². The number of aromatic nitrogens is 1. The Labute approximate surface area is 109 Å². The Morgan fingerprint density at radius 2 is 2.35 bits per heavy atom. The van der Waals surface area contributed by atoms with Gasteiger partial charge in [-0.2, -0.15) is 0 Å². The zero-order valence-electron chi connectivity index (χ0n) is 9.94. The highest BCUT2D eigenvalue weighted by Gasteiger charge is 2.10. The minimum absolute atomic E-state index is 0.203. The van der Waals surface area contributed by atoms with Crippen LogP contribution in [0.3, 0.4) is 0 Å². The van der Waals surface area contributed by atoms with Gasteiger partial charge in [0.1, 0.15) is 5.82 Å². The minimum Gasteiger partial charge on any atom is -0.466 e. The molecule has 1 rings (SSSR count). The number of carbonyl (C=O) groups is 1. The summed E-state index contributed by atoms with van der Waals surface area (Å²) < 4.78 is 5.67. The average molecular weight is 302 g/mol. The summed E-state index contributed by atoms with van der Waals surface area (Å²) in [4.78, 5) is 17.3. The Hall–Kier alpha value is -1.30. The van der Waals surface area contributed by atoms with E-state index in [0.717, 1.165) is 10.3 Å². The Kier molecular flexibility index (Phi) is 5.21. The van der Waals surface area contributed by atoms with Crippen molar-refractivity contribution in [3.05, 3.63) is 16.7 Å². The summed E-state index contributed by atoms with van der Waals surface area (Å²) in [7, 11) is 1.86. The third-order valence-electron chi connectivity index (χ3n) is 2.16. The largest absolute Gasteiger partial charge is 0.466 e. The number of ether oxygens (including phenoxy) is 1. The van der Waals surface area contributed by atoms with E-state index in [9.17, 15) is 4.79 Å². The first-order valence-electron chi connectivity index (χ1n) is 5.32. The van der Waals surface area contributed by atoms with Crippen LogP contribution in [0.25, 0.3) is 0 Å². The molecule has 0 saturated carbocycles. The van der Waals surface area contributed by atoms with Gasteiger partial charge in [-0.05, 0) is 28.9 Å². The first-order chi connectivity index (χ1) is 8.04. The Balaban J connectivity index is 2.57. The third kappa shape index (κ3) is 4.22. The molecule has 0 bridgehead atoms. The molecule has 1 heterocycles. The van der Waals surface area contributed by atoms with Gasteiger partial charge in [0.25, 0.3) is 0 Å². The Bertz CT molecular complexity index is 398. The number of nitrogens with zero attached hydrogens (tertiary/aromatic N) is 2. The molecular weight excluding hydrogens is 286 g/mol. The summed E-state index contributed by atoms with van der Waals surface area (Å²) in [5, 5.41) is 0. The molecule has 6 heteroatoms. The van der Waals surface area contributed by atoms with E-state index in [2.05, 4.69) is 20.9 Å². The summed E-state index contributed by atoms with van der Waals surface area (Å²) in [6.45, 7) is 2.75. The van der Waals surface area contributed by atoms with Crippen LogP contribution in [0.15, 0.2) is 16.7 Å². The van der Waals surface area contributed by atoms with Gasteiger partial charge in [0.15, 0.2) is 0 Å². The molecule has 0 aliphatic rings. The first-order valence-corrected chi connectivity index (χ1v) is 6.11. The van der Waals surface area contributed by atoms with Crippen LogP contribution in [0, 0.1) is 0 Å². The molecule has 94 valence electrons. The molecule has 0 spiro atoms. The van der Waals surface area contributed by atoms with Crippen molar-refractivity contribution >= 4 is 33.4 Å². The molecule has 0 aliphatic heterocycles. The van der Waals surface area contributed by atoms with Crippen LogP contribution < -0.4 is 10.6 Å². The van der Waals surface area contributed by atoms with Crippen molar-refractivity contribution in [3.63, 3.8) is 0 Å². The van der Waals surface area contributed by atoms with E-state index in [1.54, 1.807) is 19.2 Å². The van der Waals surface area contributed by atoms with Gasteiger partial charge in [0.05, 0.1) is 29.4 Å². The fourth-order valence-corrected chi connectivity index (χ4v) is 1.99. The maximum Gasteiger partial charge on any atom is 0.307 e. The molecule has 0 fully saturated rings. The highest BCUT2D eigenvalue weighted by Crippen LogP contribution is 2.24. The number of esters is 1. The fraction of sp³-hybridized carbons (Fsp3) is 0.455. The third-order valence-corrected chi connectivity index (χ3v) is 2.74. The maximum atomic E-state index is 11.2. The molecule has 0 unspecified atom stereocenters. The Morgan fingerprint density at radius 3 is 2.94 bits per heavy atom. The van der Waals surface area contributed by atoms with Crippen LogP contribution >= 0.6 is 15.9 Å². The van der Waals surface area contributed by atoms with Gasteiger partial charge in [0, 0.05) is 13.6 Å². The summed E-state index contributed by atoms with van der Waals surface area (Å²) in [6, 6.07) is 1.78. The van der Waals surface area contributed by atoms with Crippen LogP contribution in [0.4, 0.5) is 11.5 Å². The summed E-state index contributed by atoms with van der Waals surface area (Å²) >= 11 is 3.39. The molecule has 0 amide bonds. The van der Waals surface area contributed by atoms with Gasteiger partial charge in [-0.3, -0.25) is 4.79 Å². The number of hydrogen-bond acceptors (Lipinski definition) is 5. The highest BCUT2D eigenvalue weighted by molar-refractivity contribution is 9.10.